The molecule has 1 atom stereocenters. The number of hydrogen-bond donors (Lipinski definition) is 2. The van der Waals surface area contributed by atoms with Gasteiger partial charge < -0.3 is 19.7 Å². The van der Waals surface area contributed by atoms with E-state index >= 15 is 0 Å². The van der Waals surface area contributed by atoms with Crippen molar-refractivity contribution in [1.29, 1.82) is 0 Å². The van der Waals surface area contributed by atoms with Gasteiger partial charge in [0.25, 0.3) is 5.91 Å². The van der Waals surface area contributed by atoms with Crippen molar-refractivity contribution in [3.63, 3.8) is 0 Å². The van der Waals surface area contributed by atoms with Crippen LogP contribution >= 0.6 is 11.6 Å². The first-order valence-electron chi connectivity index (χ1n) is 7.87. The maximum atomic E-state index is 12.2. The molecule has 1 amide bonds. The highest BCUT2D eigenvalue weighted by molar-refractivity contribution is 6.32. The molecule has 0 aliphatic rings. The Balaban J connectivity index is 2.01. The van der Waals surface area contributed by atoms with E-state index in [1.54, 1.807) is 32.5 Å². The summed E-state index contributed by atoms with van der Waals surface area (Å²) in [6.07, 6.45) is 1.58. The summed E-state index contributed by atoms with van der Waals surface area (Å²) in [5.41, 5.74) is 2.71. The molecule has 0 spiro atoms. The molecule has 6 nitrogen and oxygen atoms in total. The predicted octanol–water partition coefficient (Wildman–Crippen LogP) is 1.71. The van der Waals surface area contributed by atoms with Gasteiger partial charge in [-0.15, -0.1) is 0 Å². The average Bonchev–Trinajstić information content (AvgIpc) is 2.58. The lowest BCUT2D eigenvalue weighted by Gasteiger charge is -2.17. The zero-order valence-corrected chi connectivity index (χ0v) is 15.6. The van der Waals surface area contributed by atoms with Gasteiger partial charge in [0.2, 0.25) is 0 Å². The summed E-state index contributed by atoms with van der Waals surface area (Å²) in [6.45, 7) is 3.00. The van der Waals surface area contributed by atoms with Crippen molar-refractivity contribution in [3.8, 4) is 11.5 Å². The number of likely N-dealkylation sites (N-methyl/N-ethyl adjacent to an activating group) is 1. The number of rotatable bonds is 7. The fraction of sp³-hybridized carbons (Fsp3) is 0.333. The highest BCUT2D eigenvalue weighted by Crippen LogP contribution is 2.29. The third-order valence-electron chi connectivity index (χ3n) is 3.83. The number of quaternary nitrogens is 1. The minimum atomic E-state index is -0.120. The minimum absolute atomic E-state index is 0.120. The van der Waals surface area contributed by atoms with Crippen LogP contribution in [0, 0.1) is 6.92 Å². The standard InChI is InChI=1S/C18H22ClN3O3/c1-12-8-15(24-3)16(25-4)9-13(12)10-22(2)11-17(23)21-14-6-5-7-20-18(14)19/h5-9H,10-11H2,1-4H3,(H,21,23)/p+1. The summed E-state index contributed by atoms with van der Waals surface area (Å²) in [7, 11) is 5.18. The normalized spacial score (nSPS) is 11.7. The zero-order chi connectivity index (χ0) is 18.4. The lowest BCUT2D eigenvalue weighted by molar-refractivity contribution is -0.885. The van der Waals surface area contributed by atoms with Gasteiger partial charge in [0.15, 0.2) is 23.2 Å². The first-order valence-corrected chi connectivity index (χ1v) is 8.25. The number of carbonyl (C=O) groups is 1. The number of nitrogens with zero attached hydrogens (tertiary/aromatic N) is 1. The Hall–Kier alpha value is -2.31. The number of halogens is 1. The molecule has 2 aromatic rings. The van der Waals surface area contributed by atoms with Crippen LogP contribution in [0.25, 0.3) is 0 Å². The van der Waals surface area contributed by atoms with Crippen molar-refractivity contribution in [3.05, 3.63) is 46.7 Å². The highest BCUT2D eigenvalue weighted by Gasteiger charge is 2.15. The van der Waals surface area contributed by atoms with Crippen molar-refractivity contribution in [2.24, 2.45) is 0 Å². The van der Waals surface area contributed by atoms with E-state index in [9.17, 15) is 4.79 Å². The Morgan fingerprint density at radius 1 is 1.28 bits per heavy atom. The lowest BCUT2D eigenvalue weighted by Crippen LogP contribution is -3.08. The molecular weight excluding hydrogens is 342 g/mol. The van der Waals surface area contributed by atoms with Gasteiger partial charge in [-0.2, -0.15) is 0 Å². The van der Waals surface area contributed by atoms with E-state index in [0.29, 0.717) is 30.3 Å². The fourth-order valence-corrected chi connectivity index (χ4v) is 2.72. The van der Waals surface area contributed by atoms with E-state index in [1.807, 2.05) is 26.1 Å². The molecule has 25 heavy (non-hydrogen) atoms. The van der Waals surface area contributed by atoms with Gasteiger partial charge in [0.05, 0.1) is 27.0 Å². The number of amides is 1. The van der Waals surface area contributed by atoms with Crippen LogP contribution < -0.4 is 19.7 Å². The van der Waals surface area contributed by atoms with Gasteiger partial charge in [0.1, 0.15) is 6.54 Å². The van der Waals surface area contributed by atoms with Crippen LogP contribution in [-0.4, -0.2) is 38.7 Å². The largest absolute Gasteiger partial charge is 0.493 e. The van der Waals surface area contributed by atoms with Crippen molar-refractivity contribution < 1.29 is 19.2 Å². The summed E-state index contributed by atoms with van der Waals surface area (Å²) in [4.78, 5) is 17.2. The van der Waals surface area contributed by atoms with Gasteiger partial charge in [-0.05, 0) is 36.8 Å². The van der Waals surface area contributed by atoms with Gasteiger partial charge in [-0.25, -0.2) is 4.98 Å². The lowest BCUT2D eigenvalue weighted by atomic mass is 10.1. The highest BCUT2D eigenvalue weighted by atomic mass is 35.5. The molecular formula is C18H23ClN3O3+. The van der Waals surface area contributed by atoms with Crippen molar-refractivity contribution >= 4 is 23.2 Å². The smallest absolute Gasteiger partial charge is 0.279 e. The number of methoxy groups -OCH3 is 2. The molecule has 1 aromatic carbocycles. The number of anilines is 1. The van der Waals surface area contributed by atoms with E-state index in [-0.39, 0.29) is 11.1 Å². The Morgan fingerprint density at radius 2 is 1.96 bits per heavy atom. The molecule has 1 unspecified atom stereocenters. The molecule has 0 aliphatic heterocycles. The van der Waals surface area contributed by atoms with E-state index in [4.69, 9.17) is 21.1 Å². The summed E-state index contributed by atoms with van der Waals surface area (Å²) in [6, 6.07) is 7.34. The number of aryl methyl sites for hydroxylation is 1. The molecule has 1 heterocycles. The second-order valence-electron chi connectivity index (χ2n) is 5.83. The van der Waals surface area contributed by atoms with Crippen LogP contribution in [0.5, 0.6) is 11.5 Å². The number of carbonyl (C=O) groups excluding carboxylic acids is 1. The molecule has 7 heteroatoms. The number of ether oxygens (including phenoxy) is 2. The summed E-state index contributed by atoms with van der Waals surface area (Å²) in [5, 5.41) is 3.07. The summed E-state index contributed by atoms with van der Waals surface area (Å²) in [5.74, 6) is 1.26. The van der Waals surface area contributed by atoms with Crippen molar-refractivity contribution in [2.45, 2.75) is 13.5 Å². The fourth-order valence-electron chi connectivity index (χ4n) is 2.55. The molecule has 0 fully saturated rings. The number of pyridine rings is 1. The van der Waals surface area contributed by atoms with Crippen LogP contribution in [-0.2, 0) is 11.3 Å². The Kier molecular flexibility index (Phi) is 6.61. The van der Waals surface area contributed by atoms with E-state index in [0.717, 1.165) is 16.0 Å². The molecule has 2 N–H and O–H groups in total. The summed E-state index contributed by atoms with van der Waals surface area (Å²) >= 11 is 5.96. The molecule has 0 saturated heterocycles. The van der Waals surface area contributed by atoms with Gasteiger partial charge in [0, 0.05) is 11.8 Å². The van der Waals surface area contributed by atoms with Gasteiger partial charge in [-0.1, -0.05) is 11.6 Å². The maximum absolute atomic E-state index is 12.2. The molecule has 0 aliphatic carbocycles. The molecule has 134 valence electrons. The van der Waals surface area contributed by atoms with Crippen molar-refractivity contribution in [1.82, 2.24) is 4.98 Å². The van der Waals surface area contributed by atoms with E-state index in [1.165, 1.54) is 0 Å². The van der Waals surface area contributed by atoms with Gasteiger partial charge in [-0.3, -0.25) is 4.79 Å². The van der Waals surface area contributed by atoms with Crippen LogP contribution in [0.4, 0.5) is 5.69 Å². The van der Waals surface area contributed by atoms with Crippen molar-refractivity contribution in [2.75, 3.05) is 33.1 Å². The molecule has 0 saturated carbocycles. The molecule has 0 radical (unpaired) electrons. The van der Waals surface area contributed by atoms with E-state index < -0.39 is 0 Å². The molecule has 2 rings (SSSR count). The van der Waals surface area contributed by atoms with Crippen LogP contribution in [0.15, 0.2) is 30.5 Å². The van der Waals surface area contributed by atoms with E-state index in [2.05, 4.69) is 10.3 Å². The second-order valence-corrected chi connectivity index (χ2v) is 6.19. The van der Waals surface area contributed by atoms with Crippen LogP contribution in [0.3, 0.4) is 0 Å². The Bertz CT molecular complexity index is 752. The van der Waals surface area contributed by atoms with Gasteiger partial charge >= 0.3 is 0 Å². The van der Waals surface area contributed by atoms with Crippen LogP contribution in [0.1, 0.15) is 11.1 Å². The zero-order valence-electron chi connectivity index (χ0n) is 14.9. The number of benzene rings is 1. The number of hydrogen-bond acceptors (Lipinski definition) is 4. The van der Waals surface area contributed by atoms with Crippen LogP contribution in [0.2, 0.25) is 5.15 Å². The summed E-state index contributed by atoms with van der Waals surface area (Å²) < 4.78 is 10.7. The number of aromatic nitrogens is 1. The first kappa shape index (κ1) is 19.0. The molecule has 0 bridgehead atoms. The Morgan fingerprint density at radius 3 is 2.60 bits per heavy atom. The maximum Gasteiger partial charge on any atom is 0.279 e. The Labute approximate surface area is 152 Å². The SMILES string of the molecule is COc1cc(C)c(C[NH+](C)CC(=O)Nc2cccnc2Cl)cc1OC. The third-order valence-corrected chi connectivity index (χ3v) is 4.13. The minimum Gasteiger partial charge on any atom is -0.493 e. The topological polar surface area (TPSA) is 64.9 Å². The average molecular weight is 365 g/mol. The number of nitrogens with one attached hydrogen (secondary N) is 2. The monoisotopic (exact) mass is 364 g/mol. The quantitative estimate of drug-likeness (QED) is 0.734. The second kappa shape index (κ2) is 8.69. The first-order chi connectivity index (χ1) is 11.9. The molecule has 1 aromatic heterocycles. The predicted molar refractivity (Wildman–Crippen MR) is 97.6 cm³/mol. The third kappa shape index (κ3) is 5.08.